The Balaban J connectivity index is 0.000000108. The molecule has 0 amide bonds. The minimum Gasteiger partial charge on any atom is -0.308 e. The summed E-state index contributed by atoms with van der Waals surface area (Å²) in [6, 6.07) is 179. The maximum absolute atomic E-state index is 5.28. The molecule has 0 bridgehead atoms. The van der Waals surface area contributed by atoms with Gasteiger partial charge >= 0.3 is 0 Å². The molecule has 0 radical (unpaired) electrons. The number of aromatic nitrogens is 12. The molecule has 0 spiro atoms. The van der Waals surface area contributed by atoms with Crippen molar-refractivity contribution in [3.8, 4) is 153 Å². The molecule has 9 heterocycles. The lowest BCUT2D eigenvalue weighted by molar-refractivity contribution is 0.954. The number of fused-ring (bicyclic) bond motifs is 20. The fourth-order valence-corrected chi connectivity index (χ4v) is 24.8. The van der Waals surface area contributed by atoms with Crippen LogP contribution in [0, 0.1) is 0 Å². The lowest BCUT2D eigenvalue weighted by Crippen LogP contribution is -2.06. The second kappa shape index (κ2) is 37.7. The highest BCUT2D eigenvalue weighted by atomic mass is 32.1. The maximum Gasteiger partial charge on any atom is 0.238 e. The predicted molar refractivity (Wildman–Crippen MR) is 626 cm³/mol. The first-order valence-electron chi connectivity index (χ1n) is 50.1. The van der Waals surface area contributed by atoms with Crippen LogP contribution in [-0.2, 0) is 0 Å². The molecule has 0 aliphatic carbocycles. The lowest BCUT2D eigenvalue weighted by Gasteiger charge is -2.12. The molecule has 0 fully saturated rings. The van der Waals surface area contributed by atoms with Gasteiger partial charge in [-0.15, -0.1) is 34.0 Å². The van der Waals surface area contributed by atoms with Crippen molar-refractivity contribution in [2.45, 2.75) is 0 Å². The fraction of sp³-hybridized carbons (Fsp3) is 0. The van der Waals surface area contributed by atoms with Crippen LogP contribution in [0.15, 0.2) is 510 Å². The van der Waals surface area contributed by atoms with Gasteiger partial charge in [0, 0.05) is 128 Å². The molecule has 0 atom stereocenters. The van der Waals surface area contributed by atoms with Crippen molar-refractivity contribution in [3.63, 3.8) is 0 Å². The topological polar surface area (TPSA) is 131 Å². The first kappa shape index (κ1) is 88.4. The van der Waals surface area contributed by atoms with E-state index in [1.54, 1.807) is 0 Å². The molecular weight excluding hydrogens is 1890 g/mol. The molecule has 0 N–H and O–H groups in total. The Morgan fingerprint density at radius 1 is 0.133 bits per heavy atom. The van der Waals surface area contributed by atoms with Gasteiger partial charge in [-0.1, -0.05) is 443 Å². The van der Waals surface area contributed by atoms with Crippen LogP contribution in [0.25, 0.3) is 279 Å². The third-order valence-corrected chi connectivity index (χ3v) is 31.9. The zero-order valence-corrected chi connectivity index (χ0v) is 83.0. The van der Waals surface area contributed by atoms with Gasteiger partial charge in [0.05, 0.1) is 42.5 Å². The summed E-state index contributed by atoms with van der Waals surface area (Å²) in [5, 5.41) is 14.8. The zero-order chi connectivity index (χ0) is 99.1. The highest BCUT2D eigenvalue weighted by Gasteiger charge is 2.27. The first-order chi connectivity index (χ1) is 74.3. The van der Waals surface area contributed by atoms with E-state index in [0.29, 0.717) is 52.7 Å². The molecule has 150 heavy (non-hydrogen) atoms. The van der Waals surface area contributed by atoms with Crippen LogP contribution in [0.3, 0.4) is 0 Å². The van der Waals surface area contributed by atoms with Crippen molar-refractivity contribution in [2.75, 3.05) is 0 Å². The van der Waals surface area contributed by atoms with Crippen LogP contribution in [0.1, 0.15) is 0 Å². The second-order valence-electron chi connectivity index (χ2n) is 37.4. The van der Waals surface area contributed by atoms with Crippen LogP contribution in [-0.4, -0.2) is 58.6 Å². The number of rotatable bonds is 15. The van der Waals surface area contributed by atoms with Gasteiger partial charge in [0.1, 0.15) is 0 Å². The summed E-state index contributed by atoms with van der Waals surface area (Å²) >= 11 is 5.51. The maximum atomic E-state index is 5.28. The fourth-order valence-electron chi connectivity index (χ4n) is 21.2. The van der Waals surface area contributed by atoms with Crippen LogP contribution in [0.2, 0.25) is 0 Å². The zero-order valence-electron chi connectivity index (χ0n) is 80.6. The van der Waals surface area contributed by atoms with E-state index in [-0.39, 0.29) is 0 Å². The monoisotopic (exact) mass is 1970 g/mol. The molecular formula is C135H84N12S3. The molecule has 9 aromatic heterocycles. The van der Waals surface area contributed by atoms with Gasteiger partial charge in [0.25, 0.3) is 0 Å². The Kier molecular flexibility index (Phi) is 22.2. The molecule has 21 aromatic carbocycles. The summed E-state index contributed by atoms with van der Waals surface area (Å²) in [6.45, 7) is 0. The van der Waals surface area contributed by atoms with Gasteiger partial charge in [-0.3, -0.25) is 9.13 Å². The molecule has 0 unspecified atom stereocenters. The normalized spacial score (nSPS) is 11.6. The number of benzene rings is 21. The van der Waals surface area contributed by atoms with Gasteiger partial charge in [-0.05, 0) is 122 Å². The van der Waals surface area contributed by atoms with Gasteiger partial charge in [-0.25, -0.2) is 24.9 Å². The molecule has 0 aliphatic rings. The van der Waals surface area contributed by atoms with Crippen molar-refractivity contribution in [2.24, 2.45) is 0 Å². The molecule has 15 heteroatoms. The average molecular weight is 1970 g/mol. The number of hydrogen-bond acceptors (Lipinski definition) is 12. The quantitative estimate of drug-likeness (QED) is 0.0984. The standard InChI is InChI=1S/3C45H28N4S/c1-4-12-29(13-5-1)31-20-22-33(23-21-31)44-46-43(32-16-8-3-9-17-32)47-45(48-44)49-39-26-34(30-14-6-2-7-15-30)24-25-35(39)37-27-38-36-18-10-11-19-41(36)50-42(38)28-40(37)49;1-4-12-29(13-5-1)31-20-22-33(23-21-31)44-46-43(32-16-8-3-9-17-32)47-45(48-44)49-39-28-34(30-14-6-2-7-15-30)24-25-35(39)37-26-27-38-36-18-10-11-19-40(36)50-42(38)41(37)49;1-3-13-29(14-4-1)31-17-11-18-32(27-31)44-46-43(30-15-5-2-6-16-30)47-45(48-44)33-19-12-20-34(28-33)49-39-23-9-7-21-35(39)37-25-26-38-36-22-8-10-24-40(36)50-42(38)41(37)49/h3*1-28H. The Labute approximate surface area is 874 Å². The number of thiophene rings is 3. The van der Waals surface area contributed by atoms with E-state index < -0.39 is 0 Å². The van der Waals surface area contributed by atoms with Crippen LogP contribution < -0.4 is 0 Å². The Bertz CT molecular complexity index is 10400. The van der Waals surface area contributed by atoms with E-state index >= 15 is 0 Å². The average Bonchev–Trinajstić information content (AvgIpc) is 1.57. The van der Waals surface area contributed by atoms with E-state index in [9.17, 15) is 0 Å². The summed E-state index contributed by atoms with van der Waals surface area (Å²) < 4.78 is 14.5. The summed E-state index contributed by atoms with van der Waals surface area (Å²) in [6.07, 6.45) is 0. The lowest BCUT2D eigenvalue weighted by atomic mass is 10.0. The largest absolute Gasteiger partial charge is 0.308 e. The third-order valence-electron chi connectivity index (χ3n) is 28.4. The smallest absolute Gasteiger partial charge is 0.238 e. The molecule has 0 saturated carbocycles. The summed E-state index contributed by atoms with van der Waals surface area (Å²) in [4.78, 5) is 46.3. The van der Waals surface area contributed by atoms with Crippen molar-refractivity contribution >= 4 is 160 Å². The highest BCUT2D eigenvalue weighted by molar-refractivity contribution is 7.27. The van der Waals surface area contributed by atoms with Crippen molar-refractivity contribution in [3.05, 3.63) is 510 Å². The van der Waals surface area contributed by atoms with E-state index in [1.165, 1.54) is 104 Å². The van der Waals surface area contributed by atoms with Gasteiger partial charge in [0.2, 0.25) is 11.9 Å². The van der Waals surface area contributed by atoms with Crippen molar-refractivity contribution < 1.29 is 0 Å². The summed E-state index contributed by atoms with van der Waals surface area (Å²) in [5.41, 5.74) is 25.8. The van der Waals surface area contributed by atoms with E-state index in [0.717, 1.165) is 122 Å². The molecule has 30 rings (SSSR count). The van der Waals surface area contributed by atoms with E-state index in [1.807, 2.05) is 119 Å². The van der Waals surface area contributed by atoms with E-state index in [4.69, 9.17) is 44.9 Å². The van der Waals surface area contributed by atoms with Gasteiger partial charge < -0.3 is 4.57 Å². The van der Waals surface area contributed by atoms with Gasteiger partial charge in [-0.2, -0.15) is 19.9 Å². The van der Waals surface area contributed by atoms with Crippen LogP contribution in [0.4, 0.5) is 0 Å². The molecule has 12 nitrogen and oxygen atoms in total. The minimum absolute atomic E-state index is 0.590. The molecule has 702 valence electrons. The second-order valence-corrected chi connectivity index (χ2v) is 40.6. The van der Waals surface area contributed by atoms with Gasteiger partial charge in [0.15, 0.2) is 40.8 Å². The number of para-hydroxylation sites is 1. The van der Waals surface area contributed by atoms with Crippen molar-refractivity contribution in [1.82, 2.24) is 58.6 Å². The highest BCUT2D eigenvalue weighted by Crippen LogP contribution is 2.49. The number of hydrogen-bond donors (Lipinski definition) is 0. The summed E-state index contributed by atoms with van der Waals surface area (Å²) in [5.74, 6) is 5.63. The summed E-state index contributed by atoms with van der Waals surface area (Å²) in [7, 11) is 0. The SMILES string of the molecule is c1ccc(-c2ccc(-c3nc(-c4ccccc4)nc(-n4c5cc(-c6ccccc6)ccc5c5cc6c(cc54)sc4ccccc46)n3)cc2)cc1.c1ccc(-c2ccc(-c3nc(-c4ccccc4)nc(-n4c5cc(-c6ccccc6)ccc5c5ccc6c7ccccc7sc6c54)n3)cc2)cc1.c1ccc(-c2cccc(-c3nc(-c4ccccc4)nc(-c4cccc(-n5c6ccccc6c6ccc7c8ccccc8sc7c65)c4)n3)c2)cc1. The first-order valence-corrected chi connectivity index (χ1v) is 52.5. The predicted octanol–water partition coefficient (Wildman–Crippen LogP) is 36.0. The Morgan fingerprint density at radius 3 is 0.860 bits per heavy atom. The number of nitrogens with zero attached hydrogens (tertiary/aromatic N) is 12. The van der Waals surface area contributed by atoms with Crippen molar-refractivity contribution in [1.29, 1.82) is 0 Å². The Hall–Kier alpha value is -19.3. The molecule has 0 aliphatic heterocycles. The Morgan fingerprint density at radius 2 is 0.407 bits per heavy atom. The van der Waals surface area contributed by atoms with Crippen LogP contribution in [0.5, 0.6) is 0 Å². The van der Waals surface area contributed by atoms with Crippen LogP contribution >= 0.6 is 34.0 Å². The molecule has 0 saturated heterocycles. The molecule has 30 aromatic rings. The minimum atomic E-state index is 0.590. The third kappa shape index (κ3) is 16.1. The van der Waals surface area contributed by atoms with E-state index in [2.05, 4.69) is 438 Å².